The van der Waals surface area contributed by atoms with Crippen LogP contribution in [0.3, 0.4) is 0 Å². The van der Waals surface area contributed by atoms with Crippen molar-refractivity contribution in [2.24, 2.45) is 5.10 Å². The van der Waals surface area contributed by atoms with E-state index in [1.807, 2.05) is 0 Å². The summed E-state index contributed by atoms with van der Waals surface area (Å²) in [5.74, 6) is -0.475. The number of hydrogen-bond acceptors (Lipinski definition) is 7. The van der Waals surface area contributed by atoms with Gasteiger partial charge in [0.2, 0.25) is 23.9 Å². The van der Waals surface area contributed by atoms with Crippen molar-refractivity contribution < 1.29 is 28.6 Å². The van der Waals surface area contributed by atoms with E-state index in [0.717, 1.165) is 0 Å². The van der Waals surface area contributed by atoms with Gasteiger partial charge in [-0.25, -0.2) is 0 Å². The second-order valence-electron chi connectivity index (χ2n) is 6.47. The van der Waals surface area contributed by atoms with E-state index in [9.17, 15) is 14.4 Å². The molecule has 1 unspecified atom stereocenters. The fourth-order valence-electron chi connectivity index (χ4n) is 2.92. The van der Waals surface area contributed by atoms with Crippen molar-refractivity contribution in [3.63, 3.8) is 0 Å². The molecular formula is C21H21N3O6. The van der Waals surface area contributed by atoms with Gasteiger partial charge in [-0.15, -0.1) is 5.10 Å². The number of carbonyl (C=O) groups is 3. The van der Waals surface area contributed by atoms with Crippen LogP contribution in [0.2, 0.25) is 0 Å². The van der Waals surface area contributed by atoms with Gasteiger partial charge in [0.1, 0.15) is 0 Å². The zero-order valence-electron chi connectivity index (χ0n) is 17.0. The van der Waals surface area contributed by atoms with Crippen molar-refractivity contribution in [2.75, 3.05) is 12.4 Å². The summed E-state index contributed by atoms with van der Waals surface area (Å²) in [6.45, 7) is 4.06. The topological polar surface area (TPSA) is 107 Å². The lowest BCUT2D eigenvalue weighted by Crippen LogP contribution is -2.25. The molecule has 0 saturated carbocycles. The first-order valence-corrected chi connectivity index (χ1v) is 9.08. The third-order valence-corrected chi connectivity index (χ3v) is 4.16. The van der Waals surface area contributed by atoms with Gasteiger partial charge in [0.05, 0.1) is 12.7 Å². The van der Waals surface area contributed by atoms with Crippen LogP contribution in [0.5, 0.6) is 11.5 Å². The Kier molecular flexibility index (Phi) is 6.01. The lowest BCUT2D eigenvalue weighted by molar-refractivity contribution is -0.135. The van der Waals surface area contributed by atoms with Crippen LogP contribution in [0.1, 0.15) is 38.1 Å². The van der Waals surface area contributed by atoms with Crippen LogP contribution >= 0.6 is 0 Å². The van der Waals surface area contributed by atoms with E-state index in [1.165, 1.54) is 32.9 Å². The minimum Gasteiger partial charge on any atom is -0.493 e. The van der Waals surface area contributed by atoms with Gasteiger partial charge in [0, 0.05) is 32.0 Å². The van der Waals surface area contributed by atoms with Crippen LogP contribution in [-0.2, 0) is 19.1 Å². The van der Waals surface area contributed by atoms with Crippen molar-refractivity contribution in [3.05, 3.63) is 53.6 Å². The average Bonchev–Trinajstić information content (AvgIpc) is 3.13. The summed E-state index contributed by atoms with van der Waals surface area (Å²) >= 11 is 0. The van der Waals surface area contributed by atoms with Crippen LogP contribution in [-0.4, -0.2) is 35.8 Å². The molecule has 0 radical (unpaired) electrons. The first-order valence-electron chi connectivity index (χ1n) is 9.08. The second-order valence-corrected chi connectivity index (χ2v) is 6.47. The molecule has 0 aliphatic carbocycles. The van der Waals surface area contributed by atoms with Gasteiger partial charge in [0.25, 0.3) is 0 Å². The normalized spacial score (nSPS) is 15.1. The van der Waals surface area contributed by atoms with Crippen molar-refractivity contribution >= 4 is 29.4 Å². The molecule has 1 atom stereocenters. The largest absolute Gasteiger partial charge is 0.493 e. The Hall–Kier alpha value is -3.88. The third-order valence-electron chi connectivity index (χ3n) is 4.16. The quantitative estimate of drug-likeness (QED) is 0.599. The lowest BCUT2D eigenvalue weighted by atomic mass is 10.1. The van der Waals surface area contributed by atoms with E-state index < -0.39 is 12.2 Å². The minimum absolute atomic E-state index is 0.108. The number of methoxy groups -OCH3 is 1. The summed E-state index contributed by atoms with van der Waals surface area (Å²) < 4.78 is 16.5. The smallest absolute Gasteiger partial charge is 0.308 e. The molecule has 1 aliphatic heterocycles. The summed E-state index contributed by atoms with van der Waals surface area (Å²) in [5.41, 5.74) is 1.63. The molecule has 2 aromatic rings. The summed E-state index contributed by atoms with van der Waals surface area (Å²) in [6.07, 6.45) is -0.819. The predicted molar refractivity (Wildman–Crippen MR) is 108 cm³/mol. The van der Waals surface area contributed by atoms with E-state index in [2.05, 4.69) is 10.4 Å². The Morgan fingerprint density at radius 3 is 2.33 bits per heavy atom. The second kappa shape index (κ2) is 8.64. The maximum absolute atomic E-state index is 12.2. The highest BCUT2D eigenvalue weighted by molar-refractivity contribution is 6.00. The number of benzene rings is 2. The Morgan fingerprint density at radius 1 is 1.07 bits per heavy atom. The molecule has 3 rings (SSSR count). The number of amides is 2. The molecule has 0 aromatic heterocycles. The van der Waals surface area contributed by atoms with Crippen LogP contribution in [0, 0.1) is 0 Å². The van der Waals surface area contributed by atoms with Crippen LogP contribution in [0.15, 0.2) is 47.6 Å². The van der Waals surface area contributed by atoms with E-state index in [0.29, 0.717) is 22.6 Å². The molecule has 156 valence electrons. The van der Waals surface area contributed by atoms with E-state index in [1.54, 1.807) is 42.5 Å². The van der Waals surface area contributed by atoms with Gasteiger partial charge < -0.3 is 19.5 Å². The summed E-state index contributed by atoms with van der Waals surface area (Å²) in [6, 6.07) is 11.8. The van der Waals surface area contributed by atoms with Gasteiger partial charge in [-0.2, -0.15) is 5.01 Å². The van der Waals surface area contributed by atoms with Crippen LogP contribution in [0.25, 0.3) is 0 Å². The molecule has 1 heterocycles. The molecule has 2 amide bonds. The number of hydrazone groups is 1. The molecule has 2 aromatic carbocycles. The van der Waals surface area contributed by atoms with Crippen molar-refractivity contribution in [1.29, 1.82) is 0 Å². The van der Waals surface area contributed by atoms with Crippen molar-refractivity contribution in [2.45, 2.75) is 27.0 Å². The van der Waals surface area contributed by atoms with Crippen LogP contribution < -0.4 is 14.8 Å². The molecule has 9 heteroatoms. The van der Waals surface area contributed by atoms with Gasteiger partial charge in [-0.3, -0.25) is 14.4 Å². The summed E-state index contributed by atoms with van der Waals surface area (Å²) in [4.78, 5) is 34.9. The predicted octanol–water partition coefficient (Wildman–Crippen LogP) is 2.82. The number of carbonyl (C=O) groups excluding carboxylic acids is 3. The number of esters is 1. The standard InChI is InChI=1S/C21H21N3O6/c1-12(25)22-16-10-8-15(9-11-16)21-24(13(2)26)23-20(30-21)17-6-5-7-18(28-4)19(17)29-14(3)27/h5-11,21H,1-4H3,(H,22,25). The van der Waals surface area contributed by atoms with Crippen molar-refractivity contribution in [3.8, 4) is 11.5 Å². The summed E-state index contributed by atoms with van der Waals surface area (Å²) in [5, 5.41) is 8.16. The Balaban J connectivity index is 1.96. The Morgan fingerprint density at radius 2 is 1.77 bits per heavy atom. The zero-order valence-corrected chi connectivity index (χ0v) is 17.0. The lowest BCUT2D eigenvalue weighted by Gasteiger charge is -2.19. The molecule has 30 heavy (non-hydrogen) atoms. The van der Waals surface area contributed by atoms with E-state index >= 15 is 0 Å². The first kappa shape index (κ1) is 20.8. The first-order chi connectivity index (χ1) is 14.3. The third kappa shape index (κ3) is 4.40. The summed E-state index contributed by atoms with van der Waals surface area (Å²) in [7, 11) is 1.45. The fraction of sp³-hybridized carbons (Fsp3) is 0.238. The molecule has 0 fully saturated rings. The van der Waals surface area contributed by atoms with Gasteiger partial charge >= 0.3 is 5.97 Å². The highest BCUT2D eigenvalue weighted by atomic mass is 16.6. The van der Waals surface area contributed by atoms with Crippen LogP contribution in [0.4, 0.5) is 5.69 Å². The van der Waals surface area contributed by atoms with Gasteiger partial charge in [0.15, 0.2) is 11.5 Å². The maximum Gasteiger partial charge on any atom is 0.308 e. The van der Waals surface area contributed by atoms with Gasteiger partial charge in [-0.1, -0.05) is 18.2 Å². The maximum atomic E-state index is 12.2. The molecule has 0 spiro atoms. The number of ether oxygens (including phenoxy) is 3. The Bertz CT molecular complexity index is 1020. The van der Waals surface area contributed by atoms with Gasteiger partial charge in [-0.05, 0) is 24.3 Å². The number of rotatable bonds is 5. The molecular weight excluding hydrogens is 390 g/mol. The fourth-order valence-corrected chi connectivity index (χ4v) is 2.92. The number of anilines is 1. The zero-order chi connectivity index (χ0) is 21.8. The molecule has 0 saturated heterocycles. The highest BCUT2D eigenvalue weighted by Crippen LogP contribution is 2.37. The van der Waals surface area contributed by atoms with Crippen molar-refractivity contribution in [1.82, 2.24) is 5.01 Å². The van der Waals surface area contributed by atoms with E-state index in [-0.39, 0.29) is 23.5 Å². The molecule has 9 nitrogen and oxygen atoms in total. The van der Waals surface area contributed by atoms with E-state index in [4.69, 9.17) is 14.2 Å². The molecule has 0 bridgehead atoms. The Labute approximate surface area is 173 Å². The number of para-hydroxylation sites is 1. The number of hydrogen-bond donors (Lipinski definition) is 1. The molecule has 1 N–H and O–H groups in total. The monoisotopic (exact) mass is 411 g/mol. The molecule has 1 aliphatic rings. The average molecular weight is 411 g/mol. The highest BCUT2D eigenvalue weighted by Gasteiger charge is 2.35. The minimum atomic E-state index is -0.819. The SMILES string of the molecule is COc1cccc(C2=NN(C(C)=O)C(c3ccc(NC(C)=O)cc3)O2)c1OC(C)=O. The number of nitrogens with one attached hydrogen (secondary N) is 1. The number of nitrogens with zero attached hydrogens (tertiary/aromatic N) is 2.